The fourth-order valence-electron chi connectivity index (χ4n) is 10.2. The van der Waals surface area contributed by atoms with Gasteiger partial charge in [-0.05, 0) is 51.4 Å². The number of unbranched alkanes of at least 4 members (excludes halogenated alkanes) is 29. The zero-order valence-corrected chi connectivity index (χ0v) is 50.8. The van der Waals surface area contributed by atoms with Crippen LogP contribution in [0.15, 0.2) is 36.5 Å². The Balaban J connectivity index is 1.90. The van der Waals surface area contributed by atoms with Gasteiger partial charge in [-0.25, -0.2) is 0 Å². The van der Waals surface area contributed by atoms with Gasteiger partial charge in [0.25, 0.3) is 0 Å². The zero-order chi connectivity index (χ0) is 59.0. The highest BCUT2D eigenvalue weighted by Gasteiger charge is 2.49. The van der Waals surface area contributed by atoms with Crippen molar-refractivity contribution < 1.29 is 78.2 Å². The summed E-state index contributed by atoms with van der Waals surface area (Å²) in [6.07, 6.45) is 35.1. The average Bonchev–Trinajstić information content (AvgIpc) is 3.54. The molecule has 0 aromatic rings. The van der Waals surface area contributed by atoms with Crippen LogP contribution in [-0.4, -0.2) is 142 Å². The Morgan fingerprint density at radius 1 is 0.432 bits per heavy atom. The minimum Gasteiger partial charge on any atom is -0.462 e. The summed E-state index contributed by atoms with van der Waals surface area (Å²) in [5.41, 5.74) is 0. The first-order valence-electron chi connectivity index (χ1n) is 32.5. The largest absolute Gasteiger partial charge is 0.462 e. The number of ether oxygens (including phenoxy) is 7. The molecular formula is C65H116O16. The highest BCUT2D eigenvalue weighted by molar-refractivity contribution is 5.70. The van der Waals surface area contributed by atoms with E-state index in [1.54, 1.807) is 0 Å². The Morgan fingerprint density at radius 2 is 0.864 bits per heavy atom. The van der Waals surface area contributed by atoms with Gasteiger partial charge >= 0.3 is 17.9 Å². The van der Waals surface area contributed by atoms with Gasteiger partial charge in [-0.2, -0.15) is 0 Å². The molecule has 11 unspecified atom stereocenters. The monoisotopic (exact) mass is 1150 g/mol. The lowest BCUT2D eigenvalue weighted by atomic mass is 9.98. The molecule has 2 rings (SSSR count). The standard InChI is InChI=1S/C65H116O16/c1-4-7-10-13-16-19-22-25-26-29-32-34-37-40-43-46-56(68)78-52(49-75-55(67)45-42-39-36-33-30-27-23-20-17-14-11-8-5-2)50-76-64-61(73)60(72)58(70)54(80-64)51-77-65-62(74)63(59(71)53(48-66)79-65)81-57(69)47-44-41-38-35-31-28-24-21-18-15-12-9-6-3/h7,10,16,19,25-26,52-54,58-66,70-74H,4-6,8-9,11-15,17-18,20-24,27-51H2,1-3H3. The summed E-state index contributed by atoms with van der Waals surface area (Å²) >= 11 is 0. The second-order valence-electron chi connectivity index (χ2n) is 22.7. The smallest absolute Gasteiger partial charge is 0.306 e. The molecule has 11 atom stereocenters. The molecule has 2 saturated heterocycles. The second kappa shape index (κ2) is 50.5. The van der Waals surface area contributed by atoms with Crippen LogP contribution >= 0.6 is 0 Å². The summed E-state index contributed by atoms with van der Waals surface area (Å²) in [5.74, 6) is -1.58. The third-order valence-corrected chi connectivity index (χ3v) is 15.4. The van der Waals surface area contributed by atoms with E-state index in [9.17, 15) is 45.0 Å². The third kappa shape index (κ3) is 36.6. The number of rotatable bonds is 52. The summed E-state index contributed by atoms with van der Waals surface area (Å²) in [6.45, 7) is 4.62. The number of aliphatic hydroxyl groups is 6. The SMILES string of the molecule is CCC=CCC=CCC=CCCCCCCCC(=O)OC(COC(=O)CCCCCCCCCCCCCCC)COC1OC(COC2OC(CO)C(O)C(OC(=O)CCCCCCCCCCCCCCC)C2O)C(O)C(O)C1O. The van der Waals surface area contributed by atoms with Crippen LogP contribution in [0.4, 0.5) is 0 Å². The van der Waals surface area contributed by atoms with E-state index in [0.717, 1.165) is 96.3 Å². The number of allylic oxidation sites excluding steroid dienone is 6. The van der Waals surface area contributed by atoms with Crippen molar-refractivity contribution in [3.63, 3.8) is 0 Å². The molecule has 81 heavy (non-hydrogen) atoms. The first-order chi connectivity index (χ1) is 39.5. The van der Waals surface area contributed by atoms with E-state index >= 15 is 0 Å². The van der Waals surface area contributed by atoms with Crippen LogP contribution in [0.3, 0.4) is 0 Å². The van der Waals surface area contributed by atoms with Gasteiger partial charge in [-0.3, -0.25) is 14.4 Å². The van der Waals surface area contributed by atoms with Crippen LogP contribution < -0.4 is 0 Å². The van der Waals surface area contributed by atoms with Gasteiger partial charge in [0.05, 0.1) is 19.8 Å². The Morgan fingerprint density at radius 3 is 1.37 bits per heavy atom. The maximum Gasteiger partial charge on any atom is 0.306 e. The van der Waals surface area contributed by atoms with Gasteiger partial charge in [0, 0.05) is 19.3 Å². The number of aliphatic hydroxyl groups excluding tert-OH is 6. The second-order valence-corrected chi connectivity index (χ2v) is 22.7. The Bertz CT molecular complexity index is 1610. The molecule has 0 aromatic heterocycles. The topological polar surface area (TPSA) is 237 Å². The zero-order valence-electron chi connectivity index (χ0n) is 50.8. The number of carbonyl (C=O) groups excluding carboxylic acids is 3. The molecule has 6 N–H and O–H groups in total. The van der Waals surface area contributed by atoms with E-state index in [-0.39, 0.29) is 25.9 Å². The fraction of sp³-hybridized carbons (Fsp3) is 0.862. The Hall–Kier alpha value is -2.77. The molecule has 0 aromatic carbocycles. The highest BCUT2D eigenvalue weighted by atomic mass is 16.7. The summed E-state index contributed by atoms with van der Waals surface area (Å²) in [4.78, 5) is 39.0. The van der Waals surface area contributed by atoms with Crippen LogP contribution in [0, 0.1) is 0 Å². The molecule has 2 aliphatic heterocycles. The predicted molar refractivity (Wildman–Crippen MR) is 317 cm³/mol. The highest BCUT2D eigenvalue weighted by Crippen LogP contribution is 2.28. The van der Waals surface area contributed by atoms with Gasteiger partial charge in [0.2, 0.25) is 0 Å². The van der Waals surface area contributed by atoms with Crippen LogP contribution in [0.2, 0.25) is 0 Å². The van der Waals surface area contributed by atoms with Gasteiger partial charge in [0.1, 0.15) is 49.3 Å². The predicted octanol–water partition coefficient (Wildman–Crippen LogP) is 12.2. The molecule has 16 nitrogen and oxygen atoms in total. The van der Waals surface area contributed by atoms with Crippen molar-refractivity contribution in [2.24, 2.45) is 0 Å². The molecule has 0 bridgehead atoms. The lowest BCUT2D eigenvalue weighted by Gasteiger charge is -2.43. The molecule has 0 aliphatic carbocycles. The molecule has 0 amide bonds. The quantitative estimate of drug-likeness (QED) is 0.0144. The van der Waals surface area contributed by atoms with Crippen molar-refractivity contribution in [2.75, 3.05) is 26.4 Å². The maximum absolute atomic E-state index is 13.2. The van der Waals surface area contributed by atoms with E-state index in [1.807, 2.05) is 0 Å². The Kier molecular flexibility index (Phi) is 46.4. The van der Waals surface area contributed by atoms with Crippen molar-refractivity contribution >= 4 is 17.9 Å². The third-order valence-electron chi connectivity index (χ3n) is 15.4. The van der Waals surface area contributed by atoms with Crippen molar-refractivity contribution in [3.05, 3.63) is 36.5 Å². The summed E-state index contributed by atoms with van der Waals surface area (Å²) in [7, 11) is 0. The lowest BCUT2D eigenvalue weighted by molar-refractivity contribution is -0.333. The van der Waals surface area contributed by atoms with Crippen molar-refractivity contribution in [1.82, 2.24) is 0 Å². The molecule has 2 fully saturated rings. The number of hydrogen-bond acceptors (Lipinski definition) is 16. The van der Waals surface area contributed by atoms with Crippen molar-refractivity contribution in [1.29, 1.82) is 0 Å². The lowest BCUT2D eigenvalue weighted by Crippen LogP contribution is -2.62. The molecule has 2 heterocycles. The number of carbonyl (C=O) groups is 3. The molecular weight excluding hydrogens is 1040 g/mol. The van der Waals surface area contributed by atoms with E-state index in [1.165, 1.54) is 109 Å². The summed E-state index contributed by atoms with van der Waals surface area (Å²) < 4.78 is 40.0. The minimum absolute atomic E-state index is 0.0744. The van der Waals surface area contributed by atoms with E-state index in [0.29, 0.717) is 19.3 Å². The van der Waals surface area contributed by atoms with Crippen molar-refractivity contribution in [3.8, 4) is 0 Å². The Labute approximate surface area is 489 Å². The normalized spacial score (nSPS) is 23.7. The van der Waals surface area contributed by atoms with Crippen LogP contribution in [0.25, 0.3) is 0 Å². The van der Waals surface area contributed by atoms with Gasteiger partial charge < -0.3 is 63.8 Å². The van der Waals surface area contributed by atoms with E-state index in [4.69, 9.17) is 33.2 Å². The van der Waals surface area contributed by atoms with Gasteiger partial charge in [-0.15, -0.1) is 0 Å². The maximum atomic E-state index is 13.2. The first kappa shape index (κ1) is 74.3. The number of esters is 3. The summed E-state index contributed by atoms with van der Waals surface area (Å²) in [5, 5.41) is 65.0. The fourth-order valence-corrected chi connectivity index (χ4v) is 10.2. The van der Waals surface area contributed by atoms with Crippen molar-refractivity contribution in [2.45, 2.75) is 332 Å². The first-order valence-corrected chi connectivity index (χ1v) is 32.5. The molecule has 0 radical (unpaired) electrons. The van der Waals surface area contributed by atoms with Gasteiger partial charge in [0.15, 0.2) is 24.8 Å². The van der Waals surface area contributed by atoms with Crippen LogP contribution in [-0.2, 0) is 47.5 Å². The number of hydrogen-bond donors (Lipinski definition) is 6. The van der Waals surface area contributed by atoms with Crippen LogP contribution in [0.1, 0.15) is 265 Å². The minimum atomic E-state index is -1.80. The molecule has 0 saturated carbocycles. The van der Waals surface area contributed by atoms with Crippen LogP contribution in [0.5, 0.6) is 0 Å². The molecule has 16 heteroatoms. The molecule has 472 valence electrons. The summed E-state index contributed by atoms with van der Waals surface area (Å²) in [6, 6.07) is 0. The van der Waals surface area contributed by atoms with Gasteiger partial charge in [-0.1, -0.05) is 231 Å². The average molecular weight is 1150 g/mol. The van der Waals surface area contributed by atoms with E-state index in [2.05, 4.69) is 57.2 Å². The molecule has 0 spiro atoms. The van der Waals surface area contributed by atoms with E-state index < -0.39 is 105 Å². The molecule has 2 aliphatic rings.